The summed E-state index contributed by atoms with van der Waals surface area (Å²) in [7, 11) is -2.55. The quantitative estimate of drug-likeness (QED) is 0.639. The van der Waals surface area contributed by atoms with E-state index < -0.39 is 15.9 Å². The van der Waals surface area contributed by atoms with Gasteiger partial charge in [0.15, 0.2) is 5.13 Å². The number of aryl methyl sites for hydroxylation is 1. The van der Waals surface area contributed by atoms with E-state index in [-0.39, 0.29) is 16.2 Å². The van der Waals surface area contributed by atoms with Crippen molar-refractivity contribution in [2.24, 2.45) is 5.14 Å². The van der Waals surface area contributed by atoms with Gasteiger partial charge >= 0.3 is 0 Å². The molecule has 0 atom stereocenters. The second-order valence-electron chi connectivity index (χ2n) is 5.95. The highest BCUT2D eigenvalue weighted by Gasteiger charge is 2.18. The van der Waals surface area contributed by atoms with Crippen LogP contribution in [0.2, 0.25) is 0 Å². The summed E-state index contributed by atoms with van der Waals surface area (Å²) in [6, 6.07) is 11.9. The highest BCUT2D eigenvalue weighted by molar-refractivity contribution is 7.89. The molecule has 0 aliphatic rings. The van der Waals surface area contributed by atoms with Crippen LogP contribution in [-0.4, -0.2) is 26.4 Å². The molecule has 146 valence electrons. The Hall–Kier alpha value is -2.75. The van der Waals surface area contributed by atoms with E-state index in [9.17, 15) is 13.2 Å². The highest BCUT2D eigenvalue weighted by atomic mass is 32.2. The third kappa shape index (κ3) is 4.38. The molecule has 3 aromatic rings. The van der Waals surface area contributed by atoms with E-state index in [4.69, 9.17) is 9.88 Å². The maximum Gasteiger partial charge on any atom is 0.261 e. The summed E-state index contributed by atoms with van der Waals surface area (Å²) in [5.41, 5.74) is 2.98. The lowest BCUT2D eigenvalue weighted by molar-refractivity contribution is 0.102. The van der Waals surface area contributed by atoms with Crippen molar-refractivity contribution in [3.8, 4) is 17.0 Å². The first-order valence-electron chi connectivity index (χ1n) is 8.39. The maximum atomic E-state index is 12.6. The van der Waals surface area contributed by atoms with Gasteiger partial charge in [0, 0.05) is 10.9 Å². The minimum Gasteiger partial charge on any atom is -0.496 e. The molecule has 28 heavy (non-hydrogen) atoms. The molecule has 0 unspecified atom stereocenters. The average Bonchev–Trinajstić information content (AvgIpc) is 3.15. The lowest BCUT2D eigenvalue weighted by atomic mass is 10.1. The van der Waals surface area contributed by atoms with E-state index in [1.54, 1.807) is 0 Å². The zero-order valence-corrected chi connectivity index (χ0v) is 16.9. The van der Waals surface area contributed by atoms with Gasteiger partial charge in [0.05, 0.1) is 23.3 Å². The van der Waals surface area contributed by atoms with E-state index in [1.807, 2.05) is 29.6 Å². The van der Waals surface area contributed by atoms with Crippen molar-refractivity contribution in [2.45, 2.75) is 18.2 Å². The van der Waals surface area contributed by atoms with Crippen molar-refractivity contribution >= 4 is 32.4 Å². The van der Waals surface area contributed by atoms with Gasteiger partial charge < -0.3 is 4.74 Å². The van der Waals surface area contributed by atoms with Crippen molar-refractivity contribution in [3.05, 3.63) is 59.0 Å². The molecule has 0 spiro atoms. The van der Waals surface area contributed by atoms with Gasteiger partial charge in [-0.2, -0.15) is 0 Å². The Kier molecular flexibility index (Phi) is 5.78. The number of nitrogens with two attached hydrogens (primary N) is 1. The van der Waals surface area contributed by atoms with Gasteiger partial charge in [-0.15, -0.1) is 11.3 Å². The van der Waals surface area contributed by atoms with Crippen LogP contribution in [-0.2, 0) is 16.4 Å². The Bertz CT molecular complexity index is 1110. The number of hydrogen-bond donors (Lipinski definition) is 2. The molecule has 3 rings (SSSR count). The molecule has 2 aromatic carbocycles. The number of nitrogens with one attached hydrogen (secondary N) is 1. The van der Waals surface area contributed by atoms with Crippen LogP contribution in [0.4, 0.5) is 5.13 Å². The van der Waals surface area contributed by atoms with E-state index in [1.165, 1.54) is 42.2 Å². The summed E-state index contributed by atoms with van der Waals surface area (Å²) in [5.74, 6) is -0.304. The summed E-state index contributed by atoms with van der Waals surface area (Å²) in [5, 5.41) is 10.1. The number of thiazole rings is 1. The molecule has 0 aliphatic heterocycles. The van der Waals surface area contributed by atoms with Crippen LogP contribution < -0.4 is 15.2 Å². The number of anilines is 1. The molecular weight excluding hydrogens is 398 g/mol. The van der Waals surface area contributed by atoms with Crippen molar-refractivity contribution in [3.63, 3.8) is 0 Å². The highest BCUT2D eigenvalue weighted by Crippen LogP contribution is 2.27. The van der Waals surface area contributed by atoms with Crippen LogP contribution in [0.3, 0.4) is 0 Å². The number of ether oxygens (including phenoxy) is 1. The molecule has 0 saturated carbocycles. The maximum absolute atomic E-state index is 12.6. The third-order valence-corrected chi connectivity index (χ3v) is 5.80. The van der Waals surface area contributed by atoms with E-state index in [0.717, 1.165) is 17.7 Å². The number of hydrogen-bond acceptors (Lipinski definition) is 6. The van der Waals surface area contributed by atoms with Crippen molar-refractivity contribution in [1.29, 1.82) is 0 Å². The summed E-state index contributed by atoms with van der Waals surface area (Å²) >= 11 is 1.27. The predicted octanol–water partition coefficient (Wildman–Crippen LogP) is 3.28. The number of sulfonamides is 1. The number of methoxy groups -OCH3 is 1. The van der Waals surface area contributed by atoms with Crippen LogP contribution in [0.15, 0.2) is 52.7 Å². The molecule has 0 aliphatic carbocycles. The lowest BCUT2D eigenvalue weighted by Crippen LogP contribution is -2.16. The molecule has 7 nitrogen and oxygen atoms in total. The molecule has 1 amide bonds. The first-order chi connectivity index (χ1) is 13.3. The monoisotopic (exact) mass is 417 g/mol. The minimum atomic E-state index is -3.94. The van der Waals surface area contributed by atoms with E-state index >= 15 is 0 Å². The Balaban J connectivity index is 1.84. The molecule has 3 N–H and O–H groups in total. The number of rotatable bonds is 6. The number of primary sulfonamides is 1. The molecule has 0 saturated heterocycles. The molecular formula is C19H19N3O4S2. The topological polar surface area (TPSA) is 111 Å². The largest absolute Gasteiger partial charge is 0.496 e. The Morgan fingerprint density at radius 2 is 1.93 bits per heavy atom. The number of carbonyl (C=O) groups is 1. The number of nitrogens with zero attached hydrogens (tertiary/aromatic N) is 1. The molecule has 1 aromatic heterocycles. The minimum absolute atomic E-state index is 0.0538. The van der Waals surface area contributed by atoms with Crippen LogP contribution >= 0.6 is 11.3 Å². The Labute approximate surface area is 167 Å². The standard InChI is InChI=1S/C19H19N3O4S2/c1-3-12-4-6-13(7-5-12)16-11-27-19(21-16)22-18(23)15-10-14(28(20,24)25)8-9-17(15)26-2/h4-11H,3H2,1-2H3,(H2,20,24,25)(H,21,22,23). The van der Waals surface area contributed by atoms with E-state index in [2.05, 4.69) is 17.2 Å². The fraction of sp³-hybridized carbons (Fsp3) is 0.158. The molecule has 0 fully saturated rings. The zero-order chi connectivity index (χ0) is 20.3. The fourth-order valence-electron chi connectivity index (χ4n) is 2.58. The number of benzene rings is 2. The predicted molar refractivity (Wildman–Crippen MR) is 109 cm³/mol. The smallest absolute Gasteiger partial charge is 0.261 e. The van der Waals surface area contributed by atoms with Crippen LogP contribution in [0.5, 0.6) is 5.75 Å². The van der Waals surface area contributed by atoms with Gasteiger partial charge in [0.1, 0.15) is 5.75 Å². The van der Waals surface area contributed by atoms with Crippen LogP contribution in [0.1, 0.15) is 22.8 Å². The van der Waals surface area contributed by atoms with Crippen molar-refractivity contribution in [1.82, 2.24) is 4.98 Å². The summed E-state index contributed by atoms with van der Waals surface area (Å²) in [4.78, 5) is 16.9. The van der Waals surface area contributed by atoms with Gasteiger partial charge in [0.2, 0.25) is 10.0 Å². The Morgan fingerprint density at radius 1 is 1.21 bits per heavy atom. The second-order valence-corrected chi connectivity index (χ2v) is 8.37. The summed E-state index contributed by atoms with van der Waals surface area (Å²) in [6.45, 7) is 2.09. The van der Waals surface area contributed by atoms with Gasteiger partial charge in [-0.3, -0.25) is 10.1 Å². The zero-order valence-electron chi connectivity index (χ0n) is 15.3. The van der Waals surface area contributed by atoms with Gasteiger partial charge in [-0.05, 0) is 30.2 Å². The molecule has 0 bridgehead atoms. The molecule has 0 radical (unpaired) electrons. The van der Waals surface area contributed by atoms with Crippen LogP contribution in [0.25, 0.3) is 11.3 Å². The normalized spacial score (nSPS) is 11.2. The third-order valence-electron chi connectivity index (χ3n) is 4.13. The number of aromatic nitrogens is 1. The Morgan fingerprint density at radius 3 is 2.54 bits per heavy atom. The van der Waals surface area contributed by atoms with Crippen molar-refractivity contribution in [2.75, 3.05) is 12.4 Å². The first kappa shape index (κ1) is 20.0. The van der Waals surface area contributed by atoms with Crippen LogP contribution in [0, 0.1) is 0 Å². The first-order valence-corrected chi connectivity index (χ1v) is 10.8. The lowest BCUT2D eigenvalue weighted by Gasteiger charge is -2.09. The SMILES string of the molecule is CCc1ccc(-c2csc(NC(=O)c3cc(S(N)(=O)=O)ccc3OC)n2)cc1. The second kappa shape index (κ2) is 8.09. The van der Waals surface area contributed by atoms with Gasteiger partial charge in [-0.1, -0.05) is 31.2 Å². The molecule has 9 heteroatoms. The van der Waals surface area contributed by atoms with Gasteiger partial charge in [0.25, 0.3) is 5.91 Å². The van der Waals surface area contributed by atoms with Gasteiger partial charge in [-0.25, -0.2) is 18.5 Å². The van der Waals surface area contributed by atoms with E-state index in [0.29, 0.717) is 5.13 Å². The van der Waals surface area contributed by atoms with Crippen molar-refractivity contribution < 1.29 is 17.9 Å². The summed E-state index contributed by atoms with van der Waals surface area (Å²) in [6.07, 6.45) is 0.956. The fourth-order valence-corrected chi connectivity index (χ4v) is 3.84. The molecule has 1 heterocycles. The average molecular weight is 418 g/mol. The number of amides is 1. The number of carbonyl (C=O) groups excluding carboxylic acids is 1. The summed E-state index contributed by atoms with van der Waals surface area (Å²) < 4.78 is 28.3.